The van der Waals surface area contributed by atoms with Crippen LogP contribution in [0, 0.1) is 5.41 Å². The second-order valence-corrected chi connectivity index (χ2v) is 5.98. The minimum atomic E-state index is -1.14. The van der Waals surface area contributed by atoms with E-state index in [1.165, 1.54) is 10.9 Å². The Hall–Kier alpha value is -2.96. The number of allylic oxidation sites excluding steroid dienone is 1. The molecule has 1 aromatic carbocycles. The van der Waals surface area contributed by atoms with Crippen LogP contribution in [0.15, 0.2) is 43.1 Å². The summed E-state index contributed by atoms with van der Waals surface area (Å²) in [5.41, 5.74) is 0.782. The summed E-state index contributed by atoms with van der Waals surface area (Å²) in [4.78, 5) is 23.5. The molecule has 7 heteroatoms. The van der Waals surface area contributed by atoms with E-state index >= 15 is 0 Å². The molecule has 0 radical (unpaired) electrons. The number of rotatable bonds is 6. The molecule has 2 N–H and O–H groups in total. The average Bonchev–Trinajstić information content (AvgIpc) is 3.01. The molecule has 0 aliphatic heterocycles. The predicted octanol–water partition coefficient (Wildman–Crippen LogP) is 2.65. The van der Waals surface area contributed by atoms with Crippen molar-refractivity contribution >= 4 is 17.6 Å². The van der Waals surface area contributed by atoms with Gasteiger partial charge in [-0.2, -0.15) is 0 Å². The Bertz CT molecular complexity index is 793. The second kappa shape index (κ2) is 6.27. The van der Waals surface area contributed by atoms with Crippen LogP contribution < -0.4 is 5.32 Å². The van der Waals surface area contributed by atoms with Gasteiger partial charge >= 0.3 is 5.97 Å². The lowest BCUT2D eigenvalue weighted by molar-refractivity contribution is -0.130. The van der Waals surface area contributed by atoms with Crippen LogP contribution in [0.2, 0.25) is 0 Å². The number of carboxylic acids is 1. The van der Waals surface area contributed by atoms with Gasteiger partial charge in [-0.15, -0.1) is 11.7 Å². The lowest BCUT2D eigenvalue weighted by atomic mass is 9.66. The molecule has 7 nitrogen and oxygen atoms in total. The molecule has 124 valence electrons. The van der Waals surface area contributed by atoms with E-state index in [1.54, 1.807) is 30.3 Å². The molecule has 0 atom stereocenters. The van der Waals surface area contributed by atoms with Crippen LogP contribution >= 0.6 is 0 Å². The number of carbonyl (C=O) groups excluding carboxylic acids is 1. The summed E-state index contributed by atoms with van der Waals surface area (Å²) in [5, 5.41) is 19.2. The lowest BCUT2D eigenvalue weighted by Crippen LogP contribution is -2.41. The fraction of sp³-hybridized carbons (Fsp3) is 0.294. The van der Waals surface area contributed by atoms with Crippen LogP contribution in [0.5, 0.6) is 0 Å². The van der Waals surface area contributed by atoms with Crippen molar-refractivity contribution in [3.63, 3.8) is 0 Å². The lowest BCUT2D eigenvalue weighted by Gasteiger charge is -2.39. The van der Waals surface area contributed by atoms with Crippen molar-refractivity contribution in [3.05, 3.63) is 48.8 Å². The van der Waals surface area contributed by atoms with E-state index < -0.39 is 5.97 Å². The quantitative estimate of drug-likeness (QED) is 0.795. The summed E-state index contributed by atoms with van der Waals surface area (Å²) in [7, 11) is 0. The number of benzene rings is 1. The third kappa shape index (κ3) is 2.92. The summed E-state index contributed by atoms with van der Waals surface area (Å²) in [6.07, 6.45) is 6.58. The number of carboxylic acid groups (broad SMARTS) is 1. The van der Waals surface area contributed by atoms with E-state index in [2.05, 4.69) is 22.2 Å². The molecule has 0 unspecified atom stereocenters. The summed E-state index contributed by atoms with van der Waals surface area (Å²) in [5.74, 6) is -1.14. The maximum absolute atomic E-state index is 12.6. The third-order valence-electron chi connectivity index (χ3n) is 4.41. The normalized spacial score (nSPS) is 15.3. The number of carbonyl (C=O) groups is 2. The second-order valence-electron chi connectivity index (χ2n) is 5.98. The summed E-state index contributed by atoms with van der Waals surface area (Å²) in [6.45, 7) is 3.74. The number of anilines is 1. The Balaban J connectivity index is 1.79. The molecule has 1 heterocycles. The summed E-state index contributed by atoms with van der Waals surface area (Å²) in [6, 6.07) is 7.06. The van der Waals surface area contributed by atoms with Gasteiger partial charge in [-0.25, -0.2) is 9.48 Å². The van der Waals surface area contributed by atoms with Gasteiger partial charge in [0.2, 0.25) is 5.91 Å². The number of amides is 1. The standard InChI is InChI=1S/C17H18N4O3/c1-2-7-17(8-4-9-17)16(24)18-12-5-3-6-13(10-12)21-11-14(15(22)23)19-20-21/h2-3,5-6,10-11H,1,4,7-9H2,(H,18,24)(H,22,23). The van der Waals surface area contributed by atoms with Gasteiger partial charge in [0.15, 0.2) is 5.69 Å². The van der Waals surface area contributed by atoms with Crippen molar-refractivity contribution in [2.45, 2.75) is 25.7 Å². The molecule has 1 amide bonds. The van der Waals surface area contributed by atoms with E-state index in [9.17, 15) is 9.59 Å². The van der Waals surface area contributed by atoms with Crippen LogP contribution in [0.1, 0.15) is 36.2 Å². The minimum Gasteiger partial charge on any atom is -0.476 e. The fourth-order valence-electron chi connectivity index (χ4n) is 2.88. The molecule has 1 saturated carbocycles. The molecule has 1 aliphatic rings. The predicted molar refractivity (Wildman–Crippen MR) is 88.0 cm³/mol. The Morgan fingerprint density at radius 3 is 2.79 bits per heavy atom. The highest BCUT2D eigenvalue weighted by atomic mass is 16.4. The topological polar surface area (TPSA) is 97.1 Å². The molecular weight excluding hydrogens is 308 g/mol. The highest BCUT2D eigenvalue weighted by Gasteiger charge is 2.42. The van der Waals surface area contributed by atoms with Gasteiger partial charge in [-0.1, -0.05) is 23.8 Å². The van der Waals surface area contributed by atoms with Gasteiger partial charge in [-0.05, 0) is 37.5 Å². The van der Waals surface area contributed by atoms with Crippen LogP contribution in [-0.2, 0) is 4.79 Å². The molecule has 1 aromatic heterocycles. The maximum atomic E-state index is 12.6. The molecule has 0 bridgehead atoms. The van der Waals surface area contributed by atoms with E-state index in [0.717, 1.165) is 19.3 Å². The first-order valence-corrected chi connectivity index (χ1v) is 7.72. The Morgan fingerprint density at radius 2 is 2.21 bits per heavy atom. The number of aromatic nitrogens is 3. The zero-order valence-electron chi connectivity index (χ0n) is 13.1. The fourth-order valence-corrected chi connectivity index (χ4v) is 2.88. The van der Waals surface area contributed by atoms with Gasteiger partial charge in [-0.3, -0.25) is 4.79 Å². The van der Waals surface area contributed by atoms with Gasteiger partial charge in [0, 0.05) is 5.69 Å². The zero-order valence-corrected chi connectivity index (χ0v) is 13.1. The number of aromatic carboxylic acids is 1. The van der Waals surface area contributed by atoms with Crippen molar-refractivity contribution in [2.24, 2.45) is 5.41 Å². The van der Waals surface area contributed by atoms with E-state index in [1.807, 2.05) is 0 Å². The van der Waals surface area contributed by atoms with Crippen LogP contribution in [0.4, 0.5) is 5.69 Å². The molecule has 2 aromatic rings. The Kier molecular flexibility index (Phi) is 4.16. The van der Waals surface area contributed by atoms with Crippen LogP contribution in [0.3, 0.4) is 0 Å². The molecule has 1 fully saturated rings. The van der Waals surface area contributed by atoms with Crippen LogP contribution in [-0.4, -0.2) is 32.0 Å². The number of hydrogen-bond donors (Lipinski definition) is 2. The molecule has 0 saturated heterocycles. The van der Waals surface area contributed by atoms with E-state index in [0.29, 0.717) is 17.8 Å². The van der Waals surface area contributed by atoms with Gasteiger partial charge in [0.1, 0.15) is 0 Å². The van der Waals surface area contributed by atoms with Crippen molar-refractivity contribution in [2.75, 3.05) is 5.32 Å². The van der Waals surface area contributed by atoms with Crippen molar-refractivity contribution in [1.29, 1.82) is 0 Å². The Labute approximate surface area is 139 Å². The molecular formula is C17H18N4O3. The summed E-state index contributed by atoms with van der Waals surface area (Å²) >= 11 is 0. The van der Waals surface area contributed by atoms with Crippen molar-refractivity contribution < 1.29 is 14.7 Å². The monoisotopic (exact) mass is 326 g/mol. The van der Waals surface area contributed by atoms with Crippen LogP contribution in [0.25, 0.3) is 5.69 Å². The first kappa shape index (κ1) is 15.9. The SMILES string of the molecule is C=CCC1(C(=O)Nc2cccc(-n3cc(C(=O)O)nn3)c2)CCC1. The molecule has 1 aliphatic carbocycles. The highest BCUT2D eigenvalue weighted by Crippen LogP contribution is 2.45. The van der Waals surface area contributed by atoms with Crippen molar-refractivity contribution in [3.8, 4) is 5.69 Å². The summed E-state index contributed by atoms with van der Waals surface area (Å²) < 4.78 is 1.36. The van der Waals surface area contributed by atoms with Gasteiger partial charge < -0.3 is 10.4 Å². The minimum absolute atomic E-state index is 0.00406. The maximum Gasteiger partial charge on any atom is 0.358 e. The zero-order chi connectivity index (χ0) is 17.2. The molecule has 0 spiro atoms. The third-order valence-corrected chi connectivity index (χ3v) is 4.41. The molecule has 24 heavy (non-hydrogen) atoms. The van der Waals surface area contributed by atoms with Crippen molar-refractivity contribution in [1.82, 2.24) is 15.0 Å². The largest absolute Gasteiger partial charge is 0.476 e. The van der Waals surface area contributed by atoms with Gasteiger partial charge in [0.05, 0.1) is 17.3 Å². The number of hydrogen-bond acceptors (Lipinski definition) is 4. The highest BCUT2D eigenvalue weighted by molar-refractivity contribution is 5.96. The van der Waals surface area contributed by atoms with Gasteiger partial charge in [0.25, 0.3) is 0 Å². The number of nitrogens with zero attached hydrogens (tertiary/aromatic N) is 3. The van der Waals surface area contributed by atoms with E-state index in [-0.39, 0.29) is 17.0 Å². The van der Waals surface area contributed by atoms with E-state index in [4.69, 9.17) is 5.11 Å². The first-order valence-electron chi connectivity index (χ1n) is 7.72. The smallest absolute Gasteiger partial charge is 0.358 e. The Morgan fingerprint density at radius 1 is 1.42 bits per heavy atom. The first-order chi connectivity index (χ1) is 11.5. The average molecular weight is 326 g/mol. The number of nitrogens with one attached hydrogen (secondary N) is 1. The molecule has 3 rings (SSSR count).